The Balaban J connectivity index is 2.28. The van der Waals surface area contributed by atoms with Crippen LogP contribution in [0, 0.1) is 11.7 Å². The normalized spacial score (nSPS) is 19.6. The summed E-state index contributed by atoms with van der Waals surface area (Å²) in [7, 11) is -3.92. The first-order chi connectivity index (χ1) is 9.73. The van der Waals surface area contributed by atoms with Crippen molar-refractivity contribution < 1.29 is 17.9 Å². The lowest BCUT2D eigenvalue weighted by Gasteiger charge is -2.32. The Morgan fingerprint density at radius 2 is 2.00 bits per heavy atom. The fraction of sp³-hybridized carbons (Fsp3) is 0.538. The van der Waals surface area contributed by atoms with E-state index in [0.717, 1.165) is 6.07 Å². The van der Waals surface area contributed by atoms with Crippen LogP contribution in [0.4, 0.5) is 10.1 Å². The van der Waals surface area contributed by atoms with Crippen LogP contribution in [-0.4, -0.2) is 37.0 Å². The standard InChI is InChI=1S/C13H18BrFN2O3S/c1-8(18)9-2-4-17(5-3-9)21(19,20)12-7-10(16)6-11(14)13(12)15/h6-9,18H,2-5,16H2,1H3. The van der Waals surface area contributed by atoms with Crippen molar-refractivity contribution in [2.45, 2.75) is 30.8 Å². The highest BCUT2D eigenvalue weighted by atomic mass is 79.9. The number of hydrogen-bond donors (Lipinski definition) is 2. The number of halogens is 2. The van der Waals surface area contributed by atoms with Crippen molar-refractivity contribution >= 4 is 31.6 Å². The van der Waals surface area contributed by atoms with Crippen molar-refractivity contribution in [2.75, 3.05) is 18.8 Å². The van der Waals surface area contributed by atoms with E-state index in [1.54, 1.807) is 6.92 Å². The molecular formula is C13H18BrFN2O3S. The van der Waals surface area contributed by atoms with E-state index >= 15 is 0 Å². The number of nitrogen functional groups attached to an aromatic ring is 1. The van der Waals surface area contributed by atoms with Gasteiger partial charge in [0.1, 0.15) is 4.90 Å². The van der Waals surface area contributed by atoms with Gasteiger partial charge in [-0.1, -0.05) is 0 Å². The first-order valence-corrected chi connectivity index (χ1v) is 8.89. The lowest BCUT2D eigenvalue weighted by Crippen LogP contribution is -2.41. The van der Waals surface area contributed by atoms with E-state index in [-0.39, 0.29) is 29.2 Å². The van der Waals surface area contributed by atoms with Gasteiger partial charge in [-0.15, -0.1) is 0 Å². The van der Waals surface area contributed by atoms with E-state index in [1.165, 1.54) is 10.4 Å². The first kappa shape index (κ1) is 16.7. The van der Waals surface area contributed by atoms with Crippen LogP contribution in [0.5, 0.6) is 0 Å². The molecule has 1 unspecified atom stereocenters. The number of benzene rings is 1. The minimum Gasteiger partial charge on any atom is -0.399 e. The smallest absolute Gasteiger partial charge is 0.246 e. The highest BCUT2D eigenvalue weighted by molar-refractivity contribution is 9.10. The summed E-state index contributed by atoms with van der Waals surface area (Å²) in [4.78, 5) is -0.412. The minimum absolute atomic E-state index is 0.0277. The zero-order chi connectivity index (χ0) is 15.8. The summed E-state index contributed by atoms with van der Waals surface area (Å²) in [5, 5.41) is 9.55. The van der Waals surface area contributed by atoms with Gasteiger partial charge in [0, 0.05) is 18.8 Å². The van der Waals surface area contributed by atoms with Crippen LogP contribution >= 0.6 is 15.9 Å². The summed E-state index contributed by atoms with van der Waals surface area (Å²) in [5.74, 6) is -0.754. The fourth-order valence-corrected chi connectivity index (χ4v) is 4.71. The predicted molar refractivity (Wildman–Crippen MR) is 81.7 cm³/mol. The Morgan fingerprint density at radius 3 is 2.52 bits per heavy atom. The number of aliphatic hydroxyl groups is 1. The third kappa shape index (κ3) is 3.39. The van der Waals surface area contributed by atoms with E-state index in [9.17, 15) is 17.9 Å². The third-order valence-corrected chi connectivity index (χ3v) is 6.29. The van der Waals surface area contributed by atoms with Crippen LogP contribution in [0.25, 0.3) is 0 Å². The number of hydrogen-bond acceptors (Lipinski definition) is 4. The average Bonchev–Trinajstić information content (AvgIpc) is 2.42. The van der Waals surface area contributed by atoms with Crippen LogP contribution in [0.15, 0.2) is 21.5 Å². The van der Waals surface area contributed by atoms with Gasteiger partial charge >= 0.3 is 0 Å². The summed E-state index contributed by atoms with van der Waals surface area (Å²) >= 11 is 2.97. The minimum atomic E-state index is -3.92. The fourth-order valence-electron chi connectivity index (χ4n) is 2.51. The van der Waals surface area contributed by atoms with Crippen LogP contribution in [-0.2, 0) is 10.0 Å². The molecule has 0 spiro atoms. The molecule has 0 bridgehead atoms. The van der Waals surface area contributed by atoms with Crippen molar-refractivity contribution in [3.63, 3.8) is 0 Å². The number of aliphatic hydroxyl groups excluding tert-OH is 1. The molecule has 8 heteroatoms. The van der Waals surface area contributed by atoms with Crippen LogP contribution in [0.2, 0.25) is 0 Å². The number of sulfonamides is 1. The molecule has 0 aromatic heterocycles. The Bertz CT molecular complexity index is 629. The molecule has 1 fully saturated rings. The first-order valence-electron chi connectivity index (χ1n) is 6.66. The van der Waals surface area contributed by atoms with Crippen LogP contribution in [0.3, 0.4) is 0 Å². The van der Waals surface area contributed by atoms with Crippen LogP contribution < -0.4 is 5.73 Å². The van der Waals surface area contributed by atoms with Crippen molar-refractivity contribution in [3.05, 3.63) is 22.4 Å². The predicted octanol–water partition coefficient (Wildman–Crippen LogP) is 1.95. The highest BCUT2D eigenvalue weighted by Gasteiger charge is 2.33. The number of piperidine rings is 1. The molecule has 5 nitrogen and oxygen atoms in total. The monoisotopic (exact) mass is 380 g/mol. The van der Waals surface area contributed by atoms with Crippen LogP contribution in [0.1, 0.15) is 19.8 Å². The van der Waals surface area contributed by atoms with Gasteiger partial charge in [0.15, 0.2) is 5.82 Å². The number of nitrogens with two attached hydrogens (primary N) is 1. The SMILES string of the molecule is CC(O)C1CCN(S(=O)(=O)c2cc(N)cc(Br)c2F)CC1. The van der Waals surface area contributed by atoms with E-state index in [1.807, 2.05) is 0 Å². The quantitative estimate of drug-likeness (QED) is 0.784. The summed E-state index contributed by atoms with van der Waals surface area (Å²) in [6, 6.07) is 2.46. The molecule has 0 radical (unpaired) electrons. The molecule has 21 heavy (non-hydrogen) atoms. The number of anilines is 1. The Kier molecular flexibility index (Phi) is 4.92. The van der Waals surface area contributed by atoms with Gasteiger partial charge in [-0.05, 0) is 53.7 Å². The highest BCUT2D eigenvalue weighted by Crippen LogP contribution is 2.31. The number of nitrogens with zero attached hydrogens (tertiary/aromatic N) is 1. The topological polar surface area (TPSA) is 83.6 Å². The van der Waals surface area contributed by atoms with Gasteiger partial charge in [0.05, 0.1) is 10.6 Å². The second kappa shape index (κ2) is 6.20. The maximum Gasteiger partial charge on any atom is 0.246 e. The number of rotatable bonds is 3. The van der Waals surface area contributed by atoms with Gasteiger partial charge in [-0.3, -0.25) is 0 Å². The third-order valence-electron chi connectivity index (χ3n) is 3.82. The van der Waals surface area contributed by atoms with Crippen molar-refractivity contribution in [2.24, 2.45) is 5.92 Å². The van der Waals surface area contributed by atoms with Crippen molar-refractivity contribution in [3.8, 4) is 0 Å². The van der Waals surface area contributed by atoms with E-state index in [2.05, 4.69) is 15.9 Å². The molecule has 0 amide bonds. The summed E-state index contributed by atoms with van der Waals surface area (Å²) in [5.41, 5.74) is 5.78. The van der Waals surface area contributed by atoms with Crippen molar-refractivity contribution in [1.29, 1.82) is 0 Å². The molecule has 1 saturated heterocycles. The summed E-state index contributed by atoms with van der Waals surface area (Å²) in [6.07, 6.45) is 0.650. The summed E-state index contributed by atoms with van der Waals surface area (Å²) < 4.78 is 40.4. The van der Waals surface area contributed by atoms with Gasteiger partial charge in [0.25, 0.3) is 0 Å². The molecule has 1 aliphatic heterocycles. The molecule has 1 aliphatic rings. The van der Waals surface area contributed by atoms with Gasteiger partial charge < -0.3 is 10.8 Å². The zero-order valence-electron chi connectivity index (χ0n) is 11.6. The Morgan fingerprint density at radius 1 is 1.43 bits per heavy atom. The molecule has 1 aromatic carbocycles. The average molecular weight is 381 g/mol. The second-order valence-electron chi connectivity index (χ2n) is 5.30. The maximum absolute atomic E-state index is 14.1. The molecule has 1 atom stereocenters. The van der Waals surface area contributed by atoms with Gasteiger partial charge in [0.2, 0.25) is 10.0 Å². The lowest BCUT2D eigenvalue weighted by molar-refractivity contribution is 0.0911. The summed E-state index contributed by atoms with van der Waals surface area (Å²) in [6.45, 7) is 2.23. The van der Waals surface area contributed by atoms with Gasteiger partial charge in [-0.2, -0.15) is 4.31 Å². The Labute approximate surface area is 132 Å². The van der Waals surface area contributed by atoms with E-state index in [4.69, 9.17) is 5.73 Å². The van der Waals surface area contributed by atoms with E-state index in [0.29, 0.717) is 12.8 Å². The molecule has 0 aliphatic carbocycles. The largest absolute Gasteiger partial charge is 0.399 e. The molecule has 2 rings (SSSR count). The Hall–Kier alpha value is -0.700. The van der Waals surface area contributed by atoms with Gasteiger partial charge in [-0.25, -0.2) is 12.8 Å². The van der Waals surface area contributed by atoms with Crippen molar-refractivity contribution in [1.82, 2.24) is 4.31 Å². The second-order valence-corrected chi connectivity index (χ2v) is 8.06. The maximum atomic E-state index is 14.1. The molecule has 3 N–H and O–H groups in total. The molecule has 1 heterocycles. The zero-order valence-corrected chi connectivity index (χ0v) is 14.0. The van der Waals surface area contributed by atoms with E-state index < -0.39 is 26.8 Å². The lowest BCUT2D eigenvalue weighted by atomic mass is 9.93. The molecule has 118 valence electrons. The molecule has 1 aromatic rings. The molecular weight excluding hydrogens is 363 g/mol. The molecule has 0 saturated carbocycles.